The molecule has 0 radical (unpaired) electrons. The molecule has 2 fully saturated rings. The van der Waals surface area contributed by atoms with Crippen molar-refractivity contribution in [1.29, 1.82) is 0 Å². The average Bonchev–Trinajstić information content (AvgIpc) is 2.64. The quantitative estimate of drug-likeness (QED) is 0.856. The Bertz CT molecular complexity index is 555. The van der Waals surface area contributed by atoms with Crippen LogP contribution in [0.1, 0.15) is 42.9 Å². The van der Waals surface area contributed by atoms with Crippen LogP contribution in [0.4, 0.5) is 0 Å². The Morgan fingerprint density at radius 1 is 1.28 bits per heavy atom. The van der Waals surface area contributed by atoms with Crippen LogP contribution in [0, 0.1) is 12.8 Å². The summed E-state index contributed by atoms with van der Waals surface area (Å²) < 4.78 is 5.49. The first kappa shape index (κ1) is 18.4. The van der Waals surface area contributed by atoms with Crippen molar-refractivity contribution in [2.45, 2.75) is 44.7 Å². The SMILES string of the molecule is Cc1ccc(C(CNC(=O)C2CCCC(N)C2)N2CCOCC2)cc1. The summed E-state index contributed by atoms with van der Waals surface area (Å²) in [4.78, 5) is 15.0. The summed E-state index contributed by atoms with van der Waals surface area (Å²) in [6.45, 7) is 6.07. The third-order valence-electron chi connectivity index (χ3n) is 5.50. The molecule has 3 rings (SSSR count). The van der Waals surface area contributed by atoms with Crippen molar-refractivity contribution < 1.29 is 9.53 Å². The van der Waals surface area contributed by atoms with Crippen LogP contribution in [0.2, 0.25) is 0 Å². The molecule has 1 saturated heterocycles. The highest BCUT2D eigenvalue weighted by molar-refractivity contribution is 5.78. The summed E-state index contributed by atoms with van der Waals surface area (Å²) in [5, 5.41) is 3.21. The van der Waals surface area contributed by atoms with Gasteiger partial charge in [-0.1, -0.05) is 36.2 Å². The monoisotopic (exact) mass is 345 g/mol. The van der Waals surface area contributed by atoms with Gasteiger partial charge in [-0.25, -0.2) is 0 Å². The fraction of sp³-hybridized carbons (Fsp3) is 0.650. The zero-order valence-corrected chi connectivity index (χ0v) is 15.2. The maximum absolute atomic E-state index is 12.6. The zero-order valence-electron chi connectivity index (χ0n) is 15.2. The normalized spacial score (nSPS) is 26.2. The van der Waals surface area contributed by atoms with E-state index in [0.717, 1.165) is 52.0 Å². The van der Waals surface area contributed by atoms with Gasteiger partial charge in [0.05, 0.1) is 19.3 Å². The standard InChI is InChI=1S/C20H31N3O2/c1-15-5-7-16(8-6-15)19(23-9-11-25-12-10-23)14-22-20(24)17-3-2-4-18(21)13-17/h5-8,17-19H,2-4,9-14,21H2,1H3,(H,22,24). The van der Waals surface area contributed by atoms with Gasteiger partial charge in [0, 0.05) is 31.6 Å². The lowest BCUT2D eigenvalue weighted by Crippen LogP contribution is -2.45. The molecule has 1 saturated carbocycles. The van der Waals surface area contributed by atoms with Crippen LogP contribution in [-0.4, -0.2) is 49.7 Å². The molecule has 1 aromatic rings. The summed E-state index contributed by atoms with van der Waals surface area (Å²) in [7, 11) is 0. The second-order valence-electron chi connectivity index (χ2n) is 7.44. The van der Waals surface area contributed by atoms with E-state index in [2.05, 4.69) is 41.4 Å². The summed E-state index contributed by atoms with van der Waals surface area (Å²) in [5.74, 6) is 0.243. The molecular weight excluding hydrogens is 314 g/mol. The lowest BCUT2D eigenvalue weighted by Gasteiger charge is -2.35. The number of ether oxygens (including phenoxy) is 1. The van der Waals surface area contributed by atoms with E-state index in [1.54, 1.807) is 0 Å². The number of nitrogens with two attached hydrogens (primary N) is 1. The Kier molecular flexibility index (Phi) is 6.45. The van der Waals surface area contributed by atoms with Crippen molar-refractivity contribution in [1.82, 2.24) is 10.2 Å². The molecule has 1 aliphatic carbocycles. The number of amides is 1. The van der Waals surface area contributed by atoms with Gasteiger partial charge in [0.2, 0.25) is 5.91 Å². The fourth-order valence-corrected chi connectivity index (χ4v) is 3.94. The molecule has 1 aliphatic heterocycles. The minimum atomic E-state index is 0.0760. The molecule has 5 heteroatoms. The van der Waals surface area contributed by atoms with Crippen LogP contribution < -0.4 is 11.1 Å². The molecule has 5 nitrogen and oxygen atoms in total. The third-order valence-corrected chi connectivity index (χ3v) is 5.50. The smallest absolute Gasteiger partial charge is 0.223 e. The molecule has 0 bridgehead atoms. The Morgan fingerprint density at radius 2 is 2.00 bits per heavy atom. The molecule has 0 aromatic heterocycles. The molecule has 1 amide bonds. The lowest BCUT2D eigenvalue weighted by atomic mass is 9.85. The minimum absolute atomic E-state index is 0.0760. The van der Waals surface area contributed by atoms with Crippen molar-refractivity contribution in [2.24, 2.45) is 11.7 Å². The number of hydrogen-bond acceptors (Lipinski definition) is 4. The van der Waals surface area contributed by atoms with Crippen molar-refractivity contribution in [3.05, 3.63) is 35.4 Å². The Balaban J connectivity index is 1.64. The second kappa shape index (κ2) is 8.79. The van der Waals surface area contributed by atoms with E-state index in [9.17, 15) is 4.79 Å². The van der Waals surface area contributed by atoms with Gasteiger partial charge in [0.15, 0.2) is 0 Å². The summed E-state index contributed by atoms with van der Waals surface area (Å²) in [5.41, 5.74) is 8.55. The number of carbonyl (C=O) groups excluding carboxylic acids is 1. The predicted octanol–water partition coefficient (Wildman–Crippen LogP) is 2.00. The van der Waals surface area contributed by atoms with Gasteiger partial charge in [0.1, 0.15) is 0 Å². The van der Waals surface area contributed by atoms with E-state index < -0.39 is 0 Å². The maximum Gasteiger partial charge on any atom is 0.223 e. The van der Waals surface area contributed by atoms with E-state index in [4.69, 9.17) is 10.5 Å². The molecule has 3 atom stereocenters. The number of nitrogens with zero attached hydrogens (tertiary/aromatic N) is 1. The fourth-order valence-electron chi connectivity index (χ4n) is 3.94. The highest BCUT2D eigenvalue weighted by Crippen LogP contribution is 2.25. The molecule has 25 heavy (non-hydrogen) atoms. The van der Waals surface area contributed by atoms with E-state index in [-0.39, 0.29) is 23.9 Å². The number of morpholine rings is 1. The number of rotatable bonds is 5. The van der Waals surface area contributed by atoms with E-state index >= 15 is 0 Å². The highest BCUT2D eigenvalue weighted by Gasteiger charge is 2.27. The lowest BCUT2D eigenvalue weighted by molar-refractivity contribution is -0.126. The first-order chi connectivity index (χ1) is 12.1. The van der Waals surface area contributed by atoms with Gasteiger partial charge >= 0.3 is 0 Å². The number of nitrogens with one attached hydrogen (secondary N) is 1. The maximum atomic E-state index is 12.6. The summed E-state index contributed by atoms with van der Waals surface area (Å²) in [6.07, 6.45) is 3.89. The number of carbonyl (C=O) groups is 1. The molecule has 2 aliphatic rings. The number of benzene rings is 1. The average molecular weight is 345 g/mol. The van der Waals surface area contributed by atoms with Crippen LogP contribution in [0.15, 0.2) is 24.3 Å². The molecule has 138 valence electrons. The Morgan fingerprint density at radius 3 is 2.68 bits per heavy atom. The molecule has 0 spiro atoms. The van der Waals surface area contributed by atoms with Crippen LogP contribution in [0.5, 0.6) is 0 Å². The predicted molar refractivity (Wildman–Crippen MR) is 99.3 cm³/mol. The molecular formula is C20H31N3O2. The minimum Gasteiger partial charge on any atom is -0.379 e. The topological polar surface area (TPSA) is 67.6 Å². The van der Waals surface area contributed by atoms with Crippen molar-refractivity contribution in [3.8, 4) is 0 Å². The van der Waals surface area contributed by atoms with Crippen LogP contribution in [-0.2, 0) is 9.53 Å². The zero-order chi connectivity index (χ0) is 17.6. The second-order valence-corrected chi connectivity index (χ2v) is 7.44. The Labute approximate surface area is 150 Å². The van der Waals surface area contributed by atoms with Gasteiger partial charge in [-0.05, 0) is 31.7 Å². The van der Waals surface area contributed by atoms with Crippen molar-refractivity contribution >= 4 is 5.91 Å². The molecule has 3 N–H and O–H groups in total. The highest BCUT2D eigenvalue weighted by atomic mass is 16.5. The summed E-state index contributed by atoms with van der Waals surface area (Å²) >= 11 is 0. The molecule has 1 heterocycles. The molecule has 1 aromatic carbocycles. The molecule has 3 unspecified atom stereocenters. The van der Waals surface area contributed by atoms with Gasteiger partial charge in [-0.2, -0.15) is 0 Å². The third kappa shape index (κ3) is 5.03. The number of aryl methyl sites for hydroxylation is 1. The Hall–Kier alpha value is -1.43. The van der Waals surface area contributed by atoms with Gasteiger partial charge in [-0.15, -0.1) is 0 Å². The largest absolute Gasteiger partial charge is 0.379 e. The van der Waals surface area contributed by atoms with Crippen LogP contribution in [0.3, 0.4) is 0 Å². The van der Waals surface area contributed by atoms with Crippen LogP contribution >= 0.6 is 0 Å². The van der Waals surface area contributed by atoms with Gasteiger partial charge in [0.25, 0.3) is 0 Å². The van der Waals surface area contributed by atoms with Gasteiger partial charge in [-0.3, -0.25) is 9.69 Å². The first-order valence-electron chi connectivity index (χ1n) is 9.55. The number of hydrogen-bond donors (Lipinski definition) is 2. The van der Waals surface area contributed by atoms with E-state index in [1.165, 1.54) is 11.1 Å². The van der Waals surface area contributed by atoms with Crippen molar-refractivity contribution in [3.63, 3.8) is 0 Å². The van der Waals surface area contributed by atoms with Gasteiger partial charge < -0.3 is 15.8 Å². The van der Waals surface area contributed by atoms with E-state index in [0.29, 0.717) is 6.54 Å². The summed E-state index contributed by atoms with van der Waals surface area (Å²) in [6, 6.07) is 9.02. The van der Waals surface area contributed by atoms with Crippen LogP contribution in [0.25, 0.3) is 0 Å². The van der Waals surface area contributed by atoms with Crippen molar-refractivity contribution in [2.75, 3.05) is 32.8 Å². The first-order valence-corrected chi connectivity index (χ1v) is 9.55. The van der Waals surface area contributed by atoms with E-state index in [1.807, 2.05) is 0 Å².